The Hall–Kier alpha value is -2.76. The summed E-state index contributed by atoms with van der Waals surface area (Å²) >= 11 is 7.65. The first kappa shape index (κ1) is 19.6. The second-order valence-electron chi connectivity index (χ2n) is 6.73. The number of carbonyl (C=O) groups is 2. The Morgan fingerprint density at radius 2 is 1.79 bits per heavy atom. The summed E-state index contributed by atoms with van der Waals surface area (Å²) in [6.45, 7) is -0.0512. The number of hydrogen-bond acceptors (Lipinski definition) is 3. The van der Waals surface area contributed by atoms with E-state index in [1.165, 1.54) is 0 Å². The number of para-hydroxylation sites is 1. The van der Waals surface area contributed by atoms with Gasteiger partial charge in [0.2, 0.25) is 11.8 Å². The molecule has 3 aromatic rings. The topological polar surface area (TPSA) is 49.4 Å². The highest BCUT2D eigenvalue weighted by Crippen LogP contribution is 2.45. The maximum absolute atomic E-state index is 13.1. The number of nitrogens with one attached hydrogen (secondary N) is 1. The monoisotopic (exact) mass is 422 g/mol. The number of carbonyl (C=O) groups excluding carboxylic acids is 2. The zero-order valence-electron chi connectivity index (χ0n) is 15.5. The fourth-order valence-corrected chi connectivity index (χ4v) is 4.79. The van der Waals surface area contributed by atoms with E-state index in [1.807, 2.05) is 54.6 Å². The third-order valence-electron chi connectivity index (χ3n) is 4.67. The lowest BCUT2D eigenvalue weighted by Crippen LogP contribution is -2.38. The van der Waals surface area contributed by atoms with Gasteiger partial charge in [-0.15, -0.1) is 11.8 Å². The second-order valence-corrected chi connectivity index (χ2v) is 8.41. The van der Waals surface area contributed by atoms with Crippen molar-refractivity contribution in [3.05, 3.63) is 89.4 Å². The molecule has 1 aliphatic rings. The van der Waals surface area contributed by atoms with Gasteiger partial charge in [-0.1, -0.05) is 60.1 Å². The van der Waals surface area contributed by atoms with E-state index < -0.39 is 0 Å². The molecule has 0 bridgehead atoms. The van der Waals surface area contributed by atoms with E-state index in [0.717, 1.165) is 16.1 Å². The van der Waals surface area contributed by atoms with Crippen molar-refractivity contribution < 1.29 is 9.59 Å². The number of benzene rings is 3. The number of fused-ring (bicyclic) bond motifs is 1. The molecule has 0 saturated carbocycles. The quantitative estimate of drug-likeness (QED) is 0.599. The van der Waals surface area contributed by atoms with E-state index in [9.17, 15) is 9.59 Å². The average Bonchev–Trinajstić information content (AvgIpc) is 2.85. The summed E-state index contributed by atoms with van der Waals surface area (Å²) in [6.07, 6.45) is 0.327. The number of thioether (sulfide) groups is 1. The summed E-state index contributed by atoms with van der Waals surface area (Å²) in [5.74, 6) is -0.337. The third kappa shape index (κ3) is 4.63. The Labute approximate surface area is 178 Å². The minimum Gasteiger partial charge on any atom is -0.324 e. The second kappa shape index (κ2) is 8.72. The molecule has 2 amide bonds. The third-order valence-corrected chi connectivity index (χ3v) is 6.23. The average molecular weight is 423 g/mol. The summed E-state index contributed by atoms with van der Waals surface area (Å²) < 4.78 is 0. The standard InChI is InChI=1S/C23H19ClN2O2S/c24-17-9-6-10-18(13-17)25-22(27)15-26-19-11-4-5-12-20(19)29-21(14-23(26)28)16-7-2-1-3-8-16/h1-13,21H,14-15H2,(H,25,27)/t21-/m0/s1. The normalized spacial score (nSPS) is 16.1. The van der Waals surface area contributed by atoms with Crippen LogP contribution in [0.3, 0.4) is 0 Å². The largest absolute Gasteiger partial charge is 0.324 e. The van der Waals surface area contributed by atoms with Crippen molar-refractivity contribution in [3.63, 3.8) is 0 Å². The van der Waals surface area contributed by atoms with E-state index >= 15 is 0 Å². The minimum atomic E-state index is -0.265. The summed E-state index contributed by atoms with van der Waals surface area (Å²) in [4.78, 5) is 28.3. The molecular weight excluding hydrogens is 404 g/mol. The lowest BCUT2D eigenvalue weighted by Gasteiger charge is -2.22. The number of anilines is 2. The van der Waals surface area contributed by atoms with Gasteiger partial charge in [-0.2, -0.15) is 0 Å². The van der Waals surface area contributed by atoms with Gasteiger partial charge < -0.3 is 10.2 Å². The molecule has 29 heavy (non-hydrogen) atoms. The van der Waals surface area contributed by atoms with Crippen LogP contribution in [0.1, 0.15) is 17.2 Å². The maximum Gasteiger partial charge on any atom is 0.244 e. The van der Waals surface area contributed by atoms with Crippen molar-refractivity contribution >= 4 is 46.6 Å². The highest BCUT2D eigenvalue weighted by atomic mass is 35.5. The van der Waals surface area contributed by atoms with E-state index in [-0.39, 0.29) is 23.6 Å². The van der Waals surface area contributed by atoms with Gasteiger partial charge in [-0.25, -0.2) is 0 Å². The first-order valence-corrected chi connectivity index (χ1v) is 10.5. The summed E-state index contributed by atoms with van der Waals surface area (Å²) in [5, 5.41) is 3.37. The predicted octanol–water partition coefficient (Wildman–Crippen LogP) is 5.55. The molecule has 6 heteroatoms. The molecule has 0 fully saturated rings. The first-order valence-electron chi connectivity index (χ1n) is 9.26. The van der Waals surface area contributed by atoms with Gasteiger partial charge in [0.05, 0.1) is 5.69 Å². The molecule has 1 N–H and O–H groups in total. The zero-order chi connectivity index (χ0) is 20.2. The van der Waals surface area contributed by atoms with Crippen LogP contribution in [0.25, 0.3) is 0 Å². The predicted molar refractivity (Wildman–Crippen MR) is 119 cm³/mol. The molecule has 3 aromatic carbocycles. The molecule has 0 radical (unpaired) electrons. The summed E-state index contributed by atoms with van der Waals surface area (Å²) in [5.41, 5.74) is 2.47. The van der Waals surface area contributed by atoms with Gasteiger partial charge in [0.1, 0.15) is 6.54 Å². The maximum atomic E-state index is 13.1. The van der Waals surface area contributed by atoms with Crippen molar-refractivity contribution in [2.75, 3.05) is 16.8 Å². The summed E-state index contributed by atoms with van der Waals surface area (Å²) in [6, 6.07) is 24.7. The van der Waals surface area contributed by atoms with Crippen LogP contribution in [0.4, 0.5) is 11.4 Å². The Morgan fingerprint density at radius 3 is 2.59 bits per heavy atom. The molecule has 0 spiro atoms. The van der Waals surface area contributed by atoms with Crippen molar-refractivity contribution in [2.45, 2.75) is 16.6 Å². The van der Waals surface area contributed by atoms with Crippen molar-refractivity contribution in [3.8, 4) is 0 Å². The van der Waals surface area contributed by atoms with E-state index in [2.05, 4.69) is 5.32 Å². The summed E-state index contributed by atoms with van der Waals surface area (Å²) in [7, 11) is 0. The Bertz CT molecular complexity index is 1040. The van der Waals surface area contributed by atoms with Gasteiger partial charge in [0, 0.05) is 27.3 Å². The van der Waals surface area contributed by atoms with Crippen LogP contribution < -0.4 is 10.2 Å². The molecule has 1 heterocycles. The Morgan fingerprint density at radius 1 is 1.03 bits per heavy atom. The fraction of sp³-hybridized carbons (Fsp3) is 0.130. The van der Waals surface area contributed by atoms with Crippen LogP contribution in [0.15, 0.2) is 83.8 Å². The molecule has 0 aromatic heterocycles. The van der Waals surface area contributed by atoms with Crippen LogP contribution >= 0.6 is 23.4 Å². The van der Waals surface area contributed by atoms with Gasteiger partial charge >= 0.3 is 0 Å². The highest BCUT2D eigenvalue weighted by Gasteiger charge is 2.30. The smallest absolute Gasteiger partial charge is 0.244 e. The molecule has 0 unspecified atom stereocenters. The van der Waals surface area contributed by atoms with Crippen molar-refractivity contribution in [1.82, 2.24) is 0 Å². The Balaban J connectivity index is 1.58. The molecule has 0 saturated heterocycles. The molecule has 1 atom stereocenters. The van der Waals surface area contributed by atoms with Gasteiger partial charge in [-0.05, 0) is 35.9 Å². The van der Waals surface area contributed by atoms with Crippen LogP contribution in [0.2, 0.25) is 5.02 Å². The highest BCUT2D eigenvalue weighted by molar-refractivity contribution is 7.99. The Kier molecular flexibility index (Phi) is 5.88. The number of nitrogens with zero attached hydrogens (tertiary/aromatic N) is 1. The molecule has 1 aliphatic heterocycles. The van der Waals surface area contributed by atoms with Crippen LogP contribution in [-0.4, -0.2) is 18.4 Å². The number of amides is 2. The fourth-order valence-electron chi connectivity index (χ4n) is 3.32. The van der Waals surface area contributed by atoms with Crippen molar-refractivity contribution in [2.24, 2.45) is 0 Å². The molecule has 4 rings (SSSR count). The minimum absolute atomic E-state index is 0.00541. The van der Waals surface area contributed by atoms with Crippen LogP contribution in [0.5, 0.6) is 0 Å². The molecule has 4 nitrogen and oxygen atoms in total. The van der Waals surface area contributed by atoms with Gasteiger partial charge in [-0.3, -0.25) is 9.59 Å². The van der Waals surface area contributed by atoms with E-state index in [0.29, 0.717) is 17.1 Å². The SMILES string of the molecule is O=C(CN1C(=O)C[C@@H](c2ccccc2)Sc2ccccc21)Nc1cccc(Cl)c1. The number of rotatable bonds is 4. The van der Waals surface area contributed by atoms with E-state index in [1.54, 1.807) is 40.9 Å². The van der Waals surface area contributed by atoms with Gasteiger partial charge in [0.25, 0.3) is 0 Å². The molecule has 146 valence electrons. The van der Waals surface area contributed by atoms with E-state index in [4.69, 9.17) is 11.6 Å². The van der Waals surface area contributed by atoms with Crippen LogP contribution in [0, 0.1) is 0 Å². The van der Waals surface area contributed by atoms with Gasteiger partial charge in [0.15, 0.2) is 0 Å². The lowest BCUT2D eigenvalue weighted by molar-refractivity contribution is -0.121. The van der Waals surface area contributed by atoms with Crippen LogP contribution in [-0.2, 0) is 9.59 Å². The first-order chi connectivity index (χ1) is 14.1. The number of hydrogen-bond donors (Lipinski definition) is 1. The molecule has 0 aliphatic carbocycles. The number of halogens is 1. The lowest BCUT2D eigenvalue weighted by atomic mass is 10.1. The van der Waals surface area contributed by atoms with Crippen molar-refractivity contribution in [1.29, 1.82) is 0 Å². The zero-order valence-corrected chi connectivity index (χ0v) is 17.1. The molecular formula is C23H19ClN2O2S.